The molecule has 3 rings (SSSR count). The van der Waals surface area contributed by atoms with Crippen LogP contribution in [0.3, 0.4) is 0 Å². The van der Waals surface area contributed by atoms with Crippen molar-refractivity contribution in [3.63, 3.8) is 0 Å². The third-order valence-corrected chi connectivity index (χ3v) is 9.44. The van der Waals surface area contributed by atoms with Gasteiger partial charge in [-0.3, -0.25) is 13.9 Å². The molecule has 1 N–H and O–H groups in total. The van der Waals surface area contributed by atoms with Crippen LogP contribution in [-0.4, -0.2) is 65.1 Å². The van der Waals surface area contributed by atoms with Crippen LogP contribution in [0.2, 0.25) is 10.0 Å². The molecule has 0 unspecified atom stereocenters. The number of amides is 2. The minimum Gasteiger partial charge on any atom is -0.494 e. The molecule has 0 saturated heterocycles. The molecular weight excluding hydrogens is 653 g/mol. The second-order valence-corrected chi connectivity index (χ2v) is 13.5. The van der Waals surface area contributed by atoms with Gasteiger partial charge in [-0.1, -0.05) is 50.0 Å². The molecule has 0 aliphatic carbocycles. The first-order valence-electron chi connectivity index (χ1n) is 14.8. The molecule has 1 atom stereocenters. The van der Waals surface area contributed by atoms with Gasteiger partial charge in [0.1, 0.15) is 18.3 Å². The fraction of sp³-hybridized carbons (Fsp3) is 0.394. The van der Waals surface area contributed by atoms with Crippen LogP contribution in [0.15, 0.2) is 65.6 Å². The summed E-state index contributed by atoms with van der Waals surface area (Å²) in [6.45, 7) is 7.70. The number of carbonyl (C=O) groups excluding carboxylic acids is 2. The summed E-state index contributed by atoms with van der Waals surface area (Å²) < 4.78 is 45.7. The summed E-state index contributed by atoms with van der Waals surface area (Å²) in [6, 6.07) is 14.5. The molecule has 0 fully saturated rings. The maximum Gasteiger partial charge on any atom is 0.264 e. The summed E-state index contributed by atoms with van der Waals surface area (Å²) in [5, 5.41) is 3.62. The van der Waals surface area contributed by atoms with Gasteiger partial charge in [-0.25, -0.2) is 8.42 Å². The monoisotopic (exact) mass is 693 g/mol. The van der Waals surface area contributed by atoms with Gasteiger partial charge >= 0.3 is 0 Å². The second-order valence-electron chi connectivity index (χ2n) is 10.8. The first-order valence-corrected chi connectivity index (χ1v) is 17.0. The highest BCUT2D eigenvalue weighted by atomic mass is 35.5. The summed E-state index contributed by atoms with van der Waals surface area (Å²) in [4.78, 5) is 29.0. The van der Waals surface area contributed by atoms with Gasteiger partial charge in [-0.05, 0) is 73.4 Å². The average molecular weight is 695 g/mol. The van der Waals surface area contributed by atoms with E-state index in [1.54, 1.807) is 49.4 Å². The van der Waals surface area contributed by atoms with E-state index in [9.17, 15) is 18.0 Å². The molecule has 0 saturated carbocycles. The maximum absolute atomic E-state index is 14.3. The van der Waals surface area contributed by atoms with Crippen LogP contribution in [0.4, 0.5) is 5.69 Å². The zero-order chi connectivity index (χ0) is 34.0. The predicted molar refractivity (Wildman–Crippen MR) is 181 cm³/mol. The van der Waals surface area contributed by atoms with Crippen molar-refractivity contribution < 1.29 is 32.2 Å². The van der Waals surface area contributed by atoms with Crippen molar-refractivity contribution >= 4 is 50.7 Å². The van der Waals surface area contributed by atoms with Crippen LogP contribution in [0.5, 0.6) is 17.2 Å². The molecule has 46 heavy (non-hydrogen) atoms. The molecule has 0 aromatic heterocycles. The first-order chi connectivity index (χ1) is 21.9. The average Bonchev–Trinajstić information content (AvgIpc) is 3.03. The summed E-state index contributed by atoms with van der Waals surface area (Å²) in [7, 11) is -1.52. The minimum absolute atomic E-state index is 0.0596. The van der Waals surface area contributed by atoms with Crippen molar-refractivity contribution in [3.8, 4) is 17.2 Å². The Balaban J connectivity index is 2.12. The van der Waals surface area contributed by atoms with Gasteiger partial charge in [0.25, 0.3) is 10.0 Å². The lowest BCUT2D eigenvalue weighted by Gasteiger charge is -2.33. The molecule has 10 nitrogen and oxygen atoms in total. The number of ether oxygens (including phenoxy) is 3. The Bertz CT molecular complexity index is 1600. The van der Waals surface area contributed by atoms with E-state index < -0.39 is 28.5 Å². The van der Waals surface area contributed by atoms with Crippen molar-refractivity contribution in [2.75, 3.05) is 38.2 Å². The summed E-state index contributed by atoms with van der Waals surface area (Å²) >= 11 is 12.6. The third kappa shape index (κ3) is 9.20. The molecule has 0 aliphatic rings. The van der Waals surface area contributed by atoms with Crippen molar-refractivity contribution in [1.82, 2.24) is 10.2 Å². The number of halogens is 2. The van der Waals surface area contributed by atoms with Crippen LogP contribution in [0, 0.1) is 5.92 Å². The first kappa shape index (κ1) is 36.8. The van der Waals surface area contributed by atoms with Gasteiger partial charge in [-0.15, -0.1) is 0 Å². The van der Waals surface area contributed by atoms with E-state index in [0.29, 0.717) is 40.3 Å². The number of nitrogens with one attached hydrogen (secondary N) is 1. The number of rotatable bonds is 16. The molecule has 0 spiro atoms. The van der Waals surface area contributed by atoms with Crippen LogP contribution in [0.1, 0.15) is 39.7 Å². The fourth-order valence-corrected chi connectivity index (χ4v) is 6.58. The predicted octanol–water partition coefficient (Wildman–Crippen LogP) is 6.18. The lowest BCUT2D eigenvalue weighted by Crippen LogP contribution is -2.52. The summed E-state index contributed by atoms with van der Waals surface area (Å²) in [5.74, 6) is 0.286. The van der Waals surface area contributed by atoms with E-state index in [4.69, 9.17) is 37.4 Å². The molecule has 0 bridgehead atoms. The number of benzene rings is 3. The highest BCUT2D eigenvalue weighted by molar-refractivity contribution is 7.92. The minimum atomic E-state index is -4.36. The number of hydrogen-bond acceptors (Lipinski definition) is 7. The Labute approximate surface area is 281 Å². The van der Waals surface area contributed by atoms with Crippen molar-refractivity contribution in [2.45, 2.75) is 51.6 Å². The van der Waals surface area contributed by atoms with Crippen LogP contribution >= 0.6 is 23.2 Å². The molecule has 2 amide bonds. The fourth-order valence-electron chi connectivity index (χ4n) is 4.68. The number of carbonyl (C=O) groups is 2. The Morgan fingerprint density at radius 2 is 1.59 bits per heavy atom. The Kier molecular flexibility index (Phi) is 13.4. The van der Waals surface area contributed by atoms with Crippen molar-refractivity contribution in [1.29, 1.82) is 0 Å². The molecule has 250 valence electrons. The molecule has 0 aliphatic heterocycles. The van der Waals surface area contributed by atoms with E-state index in [-0.39, 0.29) is 41.1 Å². The number of methoxy groups -OCH3 is 2. The molecule has 3 aromatic rings. The lowest BCUT2D eigenvalue weighted by molar-refractivity contribution is -0.140. The van der Waals surface area contributed by atoms with Crippen molar-refractivity contribution in [3.05, 3.63) is 76.3 Å². The van der Waals surface area contributed by atoms with Gasteiger partial charge < -0.3 is 24.4 Å². The van der Waals surface area contributed by atoms with Gasteiger partial charge in [0, 0.05) is 29.2 Å². The van der Waals surface area contributed by atoms with E-state index in [2.05, 4.69) is 5.32 Å². The molecular formula is C33H41Cl2N3O7S. The number of nitrogens with zero attached hydrogens (tertiary/aromatic N) is 2. The number of hydrogen-bond donors (Lipinski definition) is 1. The maximum atomic E-state index is 14.3. The molecule has 0 heterocycles. The van der Waals surface area contributed by atoms with Gasteiger partial charge in [0.2, 0.25) is 11.8 Å². The standard InChI is InChI=1S/C33H41Cl2N3O7S/c1-7-29(33(40)36-19-22(3)4)37(20-23-9-10-24(34)17-28(23)35)32(39)21-38(25-11-13-26(14-12-25)45-8-2)46(41,42)27-15-16-30(43-5)31(18-27)44-6/h9-18,22,29H,7-8,19-21H2,1-6H3,(H,36,40)/t29-/m1/s1. The zero-order valence-electron chi connectivity index (χ0n) is 26.9. The Hall–Kier alpha value is -3.67. The number of sulfonamides is 1. The van der Waals surface area contributed by atoms with Gasteiger partial charge in [0.05, 0.1) is 31.4 Å². The highest BCUT2D eigenvalue weighted by Crippen LogP contribution is 2.33. The SMILES string of the molecule is CCOc1ccc(N(CC(=O)N(Cc2ccc(Cl)cc2Cl)[C@H](CC)C(=O)NCC(C)C)S(=O)(=O)c2ccc(OC)c(OC)c2)cc1. The normalized spacial score (nSPS) is 11.9. The van der Waals surface area contributed by atoms with Crippen LogP contribution in [0.25, 0.3) is 0 Å². The molecule has 3 aromatic carbocycles. The van der Waals surface area contributed by atoms with Crippen LogP contribution < -0.4 is 23.8 Å². The summed E-state index contributed by atoms with van der Waals surface area (Å²) in [5.41, 5.74) is 0.762. The number of anilines is 1. The Morgan fingerprint density at radius 3 is 2.15 bits per heavy atom. The third-order valence-electron chi connectivity index (χ3n) is 7.08. The lowest BCUT2D eigenvalue weighted by atomic mass is 10.1. The largest absolute Gasteiger partial charge is 0.494 e. The van der Waals surface area contributed by atoms with Crippen molar-refractivity contribution in [2.24, 2.45) is 5.92 Å². The van der Waals surface area contributed by atoms with E-state index in [0.717, 1.165) is 4.31 Å². The van der Waals surface area contributed by atoms with Gasteiger partial charge in [0.15, 0.2) is 11.5 Å². The highest BCUT2D eigenvalue weighted by Gasteiger charge is 2.34. The van der Waals surface area contributed by atoms with E-state index >= 15 is 0 Å². The zero-order valence-corrected chi connectivity index (χ0v) is 29.2. The topological polar surface area (TPSA) is 114 Å². The summed E-state index contributed by atoms with van der Waals surface area (Å²) in [6.07, 6.45) is 0.270. The van der Waals surface area contributed by atoms with E-state index in [1.807, 2.05) is 20.8 Å². The quantitative estimate of drug-likeness (QED) is 0.190. The Morgan fingerprint density at radius 1 is 0.913 bits per heavy atom. The van der Waals surface area contributed by atoms with Gasteiger partial charge in [-0.2, -0.15) is 0 Å². The molecule has 13 heteroatoms. The smallest absolute Gasteiger partial charge is 0.264 e. The van der Waals surface area contributed by atoms with E-state index in [1.165, 1.54) is 37.3 Å². The second kappa shape index (κ2) is 16.8. The molecule has 0 radical (unpaired) electrons. The van der Waals surface area contributed by atoms with Crippen LogP contribution in [-0.2, 0) is 26.2 Å².